The summed E-state index contributed by atoms with van der Waals surface area (Å²) in [5.74, 6) is 1.96. The third-order valence-electron chi connectivity index (χ3n) is 4.61. The Bertz CT molecular complexity index is 742. The van der Waals surface area contributed by atoms with E-state index in [2.05, 4.69) is 20.2 Å². The molecule has 1 atom stereocenters. The summed E-state index contributed by atoms with van der Waals surface area (Å²) in [7, 11) is 1.57. The Morgan fingerprint density at radius 3 is 3.08 bits per heavy atom. The maximum Gasteiger partial charge on any atom is 0.224 e. The van der Waals surface area contributed by atoms with E-state index in [1.807, 2.05) is 0 Å². The zero-order chi connectivity index (χ0) is 18.4. The number of carbonyl (C=O) groups is 1. The van der Waals surface area contributed by atoms with Gasteiger partial charge in [0, 0.05) is 36.9 Å². The molecule has 0 saturated carbocycles. The van der Waals surface area contributed by atoms with Gasteiger partial charge in [0.15, 0.2) is 0 Å². The second-order valence-electron chi connectivity index (χ2n) is 6.45. The van der Waals surface area contributed by atoms with E-state index in [-0.39, 0.29) is 5.91 Å². The number of piperidine rings is 1. The molecule has 1 aliphatic rings. The highest BCUT2D eigenvalue weighted by molar-refractivity contribution is 6.31. The number of anilines is 2. The molecule has 0 bridgehead atoms. The van der Waals surface area contributed by atoms with Gasteiger partial charge in [0.25, 0.3) is 0 Å². The Hall–Kier alpha value is -2.34. The summed E-state index contributed by atoms with van der Waals surface area (Å²) >= 11 is 6.01. The van der Waals surface area contributed by atoms with Gasteiger partial charge < -0.3 is 15.0 Å². The van der Waals surface area contributed by atoms with Crippen molar-refractivity contribution in [3.05, 3.63) is 41.8 Å². The lowest BCUT2D eigenvalue weighted by Gasteiger charge is -2.33. The quantitative estimate of drug-likeness (QED) is 0.833. The monoisotopic (exact) mass is 374 g/mol. The molecule has 1 saturated heterocycles. The molecule has 1 aromatic heterocycles. The lowest BCUT2D eigenvalue weighted by molar-refractivity contribution is -0.116. The molecule has 0 aliphatic carbocycles. The van der Waals surface area contributed by atoms with Gasteiger partial charge in [0.05, 0.1) is 19.0 Å². The minimum absolute atomic E-state index is 0.0257. The molecule has 1 amide bonds. The van der Waals surface area contributed by atoms with Gasteiger partial charge in [0.2, 0.25) is 5.91 Å². The molecule has 1 aromatic carbocycles. The summed E-state index contributed by atoms with van der Waals surface area (Å²) in [5.41, 5.74) is 0.606. The lowest BCUT2D eigenvalue weighted by atomic mass is 9.93. The van der Waals surface area contributed by atoms with Crippen LogP contribution in [0.1, 0.15) is 25.7 Å². The van der Waals surface area contributed by atoms with Gasteiger partial charge in [-0.25, -0.2) is 4.98 Å². The number of hydrogen-bond acceptors (Lipinski definition) is 5. The summed E-state index contributed by atoms with van der Waals surface area (Å²) in [6.07, 6.45) is 8.72. The number of carbonyl (C=O) groups excluding carboxylic acids is 1. The molecule has 6 nitrogen and oxygen atoms in total. The first kappa shape index (κ1) is 18.5. The third-order valence-corrected chi connectivity index (χ3v) is 4.84. The normalized spacial score (nSPS) is 17.0. The molecule has 1 fully saturated rings. The van der Waals surface area contributed by atoms with Crippen molar-refractivity contribution in [1.29, 1.82) is 0 Å². The molecule has 2 heterocycles. The standard InChI is InChI=1S/C19H23ClN4O2/c1-26-17-6-5-15(20)11-16(17)23-19(25)7-4-14-3-2-10-24(13-14)18-12-21-8-9-22-18/h5-6,8-9,11-12,14H,2-4,7,10,13H2,1H3,(H,23,25). The van der Waals surface area contributed by atoms with Crippen LogP contribution < -0.4 is 15.0 Å². The van der Waals surface area contributed by atoms with Crippen molar-refractivity contribution in [2.45, 2.75) is 25.7 Å². The van der Waals surface area contributed by atoms with Crippen molar-refractivity contribution in [1.82, 2.24) is 9.97 Å². The van der Waals surface area contributed by atoms with Crippen molar-refractivity contribution in [2.75, 3.05) is 30.4 Å². The second-order valence-corrected chi connectivity index (χ2v) is 6.89. The number of halogens is 1. The topological polar surface area (TPSA) is 67.3 Å². The predicted octanol–water partition coefficient (Wildman–Crippen LogP) is 3.77. The molecular formula is C19H23ClN4O2. The smallest absolute Gasteiger partial charge is 0.224 e. The van der Waals surface area contributed by atoms with E-state index < -0.39 is 0 Å². The fraction of sp³-hybridized carbons (Fsp3) is 0.421. The largest absolute Gasteiger partial charge is 0.495 e. The lowest BCUT2D eigenvalue weighted by Crippen LogP contribution is -2.36. The highest BCUT2D eigenvalue weighted by Gasteiger charge is 2.22. The molecule has 1 unspecified atom stereocenters. The minimum Gasteiger partial charge on any atom is -0.495 e. The number of nitrogens with zero attached hydrogens (tertiary/aromatic N) is 3. The zero-order valence-corrected chi connectivity index (χ0v) is 15.6. The number of amides is 1. The van der Waals surface area contributed by atoms with Crippen LogP contribution in [-0.2, 0) is 4.79 Å². The Labute approximate surface area is 158 Å². The molecule has 7 heteroatoms. The number of nitrogens with one attached hydrogen (secondary N) is 1. The number of ether oxygens (including phenoxy) is 1. The molecule has 138 valence electrons. The highest BCUT2D eigenvalue weighted by Crippen LogP contribution is 2.28. The Morgan fingerprint density at radius 1 is 1.42 bits per heavy atom. The molecule has 26 heavy (non-hydrogen) atoms. The van der Waals surface area contributed by atoms with Crippen molar-refractivity contribution in [2.24, 2.45) is 5.92 Å². The number of hydrogen-bond donors (Lipinski definition) is 1. The fourth-order valence-electron chi connectivity index (χ4n) is 3.29. The number of methoxy groups -OCH3 is 1. The summed E-state index contributed by atoms with van der Waals surface area (Å²) < 4.78 is 5.27. The van der Waals surface area contributed by atoms with E-state index in [4.69, 9.17) is 16.3 Å². The summed E-state index contributed by atoms with van der Waals surface area (Å²) in [5, 5.41) is 3.46. The van der Waals surface area contributed by atoms with Crippen molar-refractivity contribution >= 4 is 29.0 Å². The molecule has 0 spiro atoms. The van der Waals surface area contributed by atoms with E-state index in [1.165, 1.54) is 0 Å². The first-order chi connectivity index (χ1) is 12.7. The zero-order valence-electron chi connectivity index (χ0n) is 14.8. The van der Waals surface area contributed by atoms with Gasteiger partial charge in [-0.1, -0.05) is 11.6 Å². The van der Waals surface area contributed by atoms with Crippen LogP contribution in [-0.4, -0.2) is 36.1 Å². The average Bonchev–Trinajstić information content (AvgIpc) is 2.67. The van der Waals surface area contributed by atoms with Gasteiger partial charge in [-0.2, -0.15) is 0 Å². The summed E-state index contributed by atoms with van der Waals surface area (Å²) in [6.45, 7) is 1.90. The fourth-order valence-corrected chi connectivity index (χ4v) is 3.46. The molecule has 0 radical (unpaired) electrons. The Morgan fingerprint density at radius 2 is 2.31 bits per heavy atom. The van der Waals surface area contributed by atoms with Gasteiger partial charge >= 0.3 is 0 Å². The van der Waals surface area contributed by atoms with Crippen LogP contribution in [0.15, 0.2) is 36.8 Å². The van der Waals surface area contributed by atoms with Crippen LogP contribution in [0.4, 0.5) is 11.5 Å². The van der Waals surface area contributed by atoms with Gasteiger partial charge in [-0.3, -0.25) is 9.78 Å². The molecule has 2 aromatic rings. The first-order valence-corrected chi connectivity index (χ1v) is 9.18. The van der Waals surface area contributed by atoms with E-state index in [1.54, 1.807) is 43.9 Å². The van der Waals surface area contributed by atoms with Crippen molar-refractivity contribution in [3.63, 3.8) is 0 Å². The molecule has 1 aliphatic heterocycles. The van der Waals surface area contributed by atoms with E-state index in [9.17, 15) is 4.79 Å². The summed E-state index contributed by atoms with van der Waals surface area (Å²) in [6, 6.07) is 5.19. The third kappa shape index (κ3) is 4.85. The minimum atomic E-state index is -0.0257. The van der Waals surface area contributed by atoms with Gasteiger partial charge in [0.1, 0.15) is 11.6 Å². The van der Waals surface area contributed by atoms with Crippen LogP contribution in [0.2, 0.25) is 5.02 Å². The number of benzene rings is 1. The Kier molecular flexibility index (Phi) is 6.28. The predicted molar refractivity (Wildman–Crippen MR) is 103 cm³/mol. The van der Waals surface area contributed by atoms with Crippen molar-refractivity contribution in [3.8, 4) is 5.75 Å². The number of aromatic nitrogens is 2. The van der Waals surface area contributed by atoms with Crippen LogP contribution in [0.25, 0.3) is 0 Å². The van der Waals surface area contributed by atoms with E-state index in [0.29, 0.717) is 28.8 Å². The summed E-state index contributed by atoms with van der Waals surface area (Å²) in [4.78, 5) is 23.1. The van der Waals surface area contributed by atoms with Crippen LogP contribution in [0.5, 0.6) is 5.75 Å². The second kappa shape index (κ2) is 8.85. The van der Waals surface area contributed by atoms with Crippen LogP contribution >= 0.6 is 11.6 Å². The van der Waals surface area contributed by atoms with E-state index >= 15 is 0 Å². The average molecular weight is 375 g/mol. The molecule has 1 N–H and O–H groups in total. The van der Waals surface area contributed by atoms with Crippen molar-refractivity contribution < 1.29 is 9.53 Å². The van der Waals surface area contributed by atoms with Gasteiger partial charge in [-0.15, -0.1) is 0 Å². The Balaban J connectivity index is 1.52. The maximum absolute atomic E-state index is 12.3. The van der Waals surface area contributed by atoms with E-state index in [0.717, 1.165) is 38.2 Å². The maximum atomic E-state index is 12.3. The molecular weight excluding hydrogens is 352 g/mol. The van der Waals surface area contributed by atoms with Crippen LogP contribution in [0.3, 0.4) is 0 Å². The SMILES string of the molecule is COc1ccc(Cl)cc1NC(=O)CCC1CCCN(c2cnccn2)C1. The van der Waals surface area contributed by atoms with Gasteiger partial charge in [-0.05, 0) is 43.4 Å². The first-order valence-electron chi connectivity index (χ1n) is 8.80. The molecule has 3 rings (SSSR count). The highest BCUT2D eigenvalue weighted by atomic mass is 35.5. The number of rotatable bonds is 6. The van der Waals surface area contributed by atoms with Crippen LogP contribution in [0, 0.1) is 5.92 Å².